The van der Waals surface area contributed by atoms with Crippen molar-refractivity contribution in [1.29, 1.82) is 0 Å². The molecule has 0 aromatic heterocycles. The Balaban J connectivity index is 2.17. The molecule has 0 aromatic rings. The van der Waals surface area contributed by atoms with Crippen molar-refractivity contribution >= 4 is 11.8 Å². The second-order valence-electron chi connectivity index (χ2n) is 5.66. The van der Waals surface area contributed by atoms with Gasteiger partial charge in [0.25, 0.3) is 0 Å². The summed E-state index contributed by atoms with van der Waals surface area (Å²) in [5.41, 5.74) is 10.7. The maximum absolute atomic E-state index is 11.9. The van der Waals surface area contributed by atoms with Crippen LogP contribution in [0.2, 0.25) is 0 Å². The van der Waals surface area contributed by atoms with Crippen molar-refractivity contribution in [3.8, 4) is 0 Å². The van der Waals surface area contributed by atoms with Crippen molar-refractivity contribution in [1.82, 2.24) is 9.80 Å². The summed E-state index contributed by atoms with van der Waals surface area (Å²) < 4.78 is 0. The minimum Gasteiger partial charge on any atom is -0.370 e. The Morgan fingerprint density at radius 1 is 1.30 bits per heavy atom. The van der Waals surface area contributed by atoms with Crippen LogP contribution in [0.3, 0.4) is 0 Å². The third kappa shape index (κ3) is 6.34. The van der Waals surface area contributed by atoms with Gasteiger partial charge in [0.15, 0.2) is 0 Å². The average molecular weight is 284 g/mol. The van der Waals surface area contributed by atoms with Gasteiger partial charge in [-0.3, -0.25) is 9.59 Å². The van der Waals surface area contributed by atoms with Gasteiger partial charge in [-0.25, -0.2) is 0 Å². The van der Waals surface area contributed by atoms with E-state index in [2.05, 4.69) is 4.90 Å². The summed E-state index contributed by atoms with van der Waals surface area (Å²) in [5, 5.41) is 0. The average Bonchev–Trinajstić information content (AvgIpc) is 2.43. The molecule has 1 heterocycles. The summed E-state index contributed by atoms with van der Waals surface area (Å²) in [6.45, 7) is 4.06. The van der Waals surface area contributed by atoms with Gasteiger partial charge >= 0.3 is 0 Å². The first-order chi connectivity index (χ1) is 9.52. The quantitative estimate of drug-likeness (QED) is 0.644. The zero-order valence-electron chi connectivity index (χ0n) is 12.5. The number of nitrogens with zero attached hydrogens (tertiary/aromatic N) is 2. The van der Waals surface area contributed by atoms with Crippen LogP contribution in [0.15, 0.2) is 0 Å². The molecule has 0 radical (unpaired) electrons. The molecule has 0 saturated carbocycles. The lowest BCUT2D eigenvalue weighted by Gasteiger charge is -2.31. The molecule has 0 spiro atoms. The van der Waals surface area contributed by atoms with Crippen LogP contribution in [-0.2, 0) is 9.59 Å². The van der Waals surface area contributed by atoms with Crippen molar-refractivity contribution in [3.63, 3.8) is 0 Å². The summed E-state index contributed by atoms with van der Waals surface area (Å²) in [7, 11) is 1.83. The van der Waals surface area contributed by atoms with Gasteiger partial charge in [0, 0.05) is 33.0 Å². The molecular formula is C14H28N4O2. The first kappa shape index (κ1) is 16.9. The molecule has 0 aromatic carbocycles. The van der Waals surface area contributed by atoms with Crippen LogP contribution in [0.4, 0.5) is 0 Å². The molecule has 0 aliphatic carbocycles. The SMILES string of the molecule is CN(CCCN)C(=O)CCN1CCC(CC(N)=O)CC1. The van der Waals surface area contributed by atoms with Gasteiger partial charge in [0.05, 0.1) is 0 Å². The molecule has 0 bridgehead atoms. The number of hydrogen-bond donors (Lipinski definition) is 2. The highest BCUT2D eigenvalue weighted by molar-refractivity contribution is 5.76. The smallest absolute Gasteiger partial charge is 0.223 e. The molecule has 116 valence electrons. The lowest BCUT2D eigenvalue weighted by molar-refractivity contribution is -0.130. The topological polar surface area (TPSA) is 92.7 Å². The van der Waals surface area contributed by atoms with Crippen LogP contribution in [-0.4, -0.2) is 61.4 Å². The van der Waals surface area contributed by atoms with Gasteiger partial charge in [-0.1, -0.05) is 0 Å². The zero-order chi connectivity index (χ0) is 15.0. The van der Waals surface area contributed by atoms with Crippen LogP contribution in [0.25, 0.3) is 0 Å². The summed E-state index contributed by atoms with van der Waals surface area (Å²) in [4.78, 5) is 26.8. The summed E-state index contributed by atoms with van der Waals surface area (Å²) in [5.74, 6) is 0.393. The second kappa shape index (κ2) is 8.92. The minimum atomic E-state index is -0.208. The van der Waals surface area contributed by atoms with E-state index >= 15 is 0 Å². The number of likely N-dealkylation sites (tertiary alicyclic amines) is 1. The van der Waals surface area contributed by atoms with Crippen LogP contribution >= 0.6 is 0 Å². The van der Waals surface area contributed by atoms with Gasteiger partial charge in [0.1, 0.15) is 0 Å². The van der Waals surface area contributed by atoms with E-state index in [0.29, 0.717) is 25.3 Å². The number of carbonyl (C=O) groups excluding carboxylic acids is 2. The zero-order valence-corrected chi connectivity index (χ0v) is 12.5. The molecule has 4 N–H and O–H groups in total. The number of amides is 2. The molecule has 20 heavy (non-hydrogen) atoms. The number of carbonyl (C=O) groups is 2. The minimum absolute atomic E-state index is 0.178. The van der Waals surface area contributed by atoms with Gasteiger partial charge in [0.2, 0.25) is 11.8 Å². The van der Waals surface area contributed by atoms with E-state index in [-0.39, 0.29) is 11.8 Å². The van der Waals surface area contributed by atoms with E-state index in [1.54, 1.807) is 4.90 Å². The molecule has 1 rings (SSSR count). The van der Waals surface area contributed by atoms with E-state index in [0.717, 1.165) is 45.4 Å². The number of rotatable bonds is 8. The molecule has 1 aliphatic rings. The van der Waals surface area contributed by atoms with Crippen LogP contribution in [0.1, 0.15) is 32.1 Å². The molecular weight excluding hydrogens is 256 g/mol. The first-order valence-electron chi connectivity index (χ1n) is 7.47. The molecule has 2 amide bonds. The lowest BCUT2D eigenvalue weighted by atomic mass is 9.93. The van der Waals surface area contributed by atoms with Gasteiger partial charge in [-0.05, 0) is 44.8 Å². The van der Waals surface area contributed by atoms with Crippen molar-refractivity contribution in [2.24, 2.45) is 17.4 Å². The predicted molar refractivity (Wildman–Crippen MR) is 78.9 cm³/mol. The van der Waals surface area contributed by atoms with Crippen molar-refractivity contribution in [2.45, 2.75) is 32.1 Å². The van der Waals surface area contributed by atoms with Gasteiger partial charge in [-0.15, -0.1) is 0 Å². The molecule has 1 saturated heterocycles. The maximum atomic E-state index is 11.9. The second-order valence-corrected chi connectivity index (χ2v) is 5.66. The fraction of sp³-hybridized carbons (Fsp3) is 0.857. The van der Waals surface area contributed by atoms with E-state index in [1.165, 1.54) is 0 Å². The molecule has 1 fully saturated rings. The highest BCUT2D eigenvalue weighted by Gasteiger charge is 2.21. The van der Waals surface area contributed by atoms with E-state index in [4.69, 9.17) is 11.5 Å². The number of hydrogen-bond acceptors (Lipinski definition) is 4. The van der Waals surface area contributed by atoms with Crippen molar-refractivity contribution in [3.05, 3.63) is 0 Å². The molecule has 0 atom stereocenters. The Morgan fingerprint density at radius 3 is 2.50 bits per heavy atom. The predicted octanol–water partition coefficient (Wildman–Crippen LogP) is -0.229. The van der Waals surface area contributed by atoms with Crippen LogP contribution < -0.4 is 11.5 Å². The molecule has 6 nitrogen and oxygen atoms in total. The van der Waals surface area contributed by atoms with Crippen LogP contribution in [0.5, 0.6) is 0 Å². The first-order valence-corrected chi connectivity index (χ1v) is 7.47. The molecule has 0 unspecified atom stereocenters. The largest absolute Gasteiger partial charge is 0.370 e. The lowest BCUT2D eigenvalue weighted by Crippen LogP contribution is -2.38. The van der Waals surface area contributed by atoms with Crippen molar-refractivity contribution in [2.75, 3.05) is 39.8 Å². The van der Waals surface area contributed by atoms with E-state index < -0.39 is 0 Å². The standard InChI is InChI=1S/C14H28N4O2/c1-17(7-2-6-15)14(20)5-10-18-8-3-12(4-9-18)11-13(16)19/h12H,2-11,15H2,1H3,(H2,16,19). The normalized spacial score (nSPS) is 17.1. The van der Waals surface area contributed by atoms with E-state index in [9.17, 15) is 9.59 Å². The van der Waals surface area contributed by atoms with Crippen molar-refractivity contribution < 1.29 is 9.59 Å². The Hall–Kier alpha value is -1.14. The third-order valence-corrected chi connectivity index (χ3v) is 3.96. The Kier molecular flexibility index (Phi) is 7.54. The molecule has 1 aliphatic heterocycles. The third-order valence-electron chi connectivity index (χ3n) is 3.96. The Bertz CT molecular complexity index is 314. The maximum Gasteiger partial charge on any atom is 0.223 e. The Morgan fingerprint density at radius 2 is 1.95 bits per heavy atom. The Labute approximate surface area is 121 Å². The fourth-order valence-electron chi connectivity index (χ4n) is 2.60. The number of nitrogens with two attached hydrogens (primary N) is 2. The highest BCUT2D eigenvalue weighted by Crippen LogP contribution is 2.20. The summed E-state index contributed by atoms with van der Waals surface area (Å²) in [6, 6.07) is 0. The summed E-state index contributed by atoms with van der Waals surface area (Å²) >= 11 is 0. The number of primary amides is 1. The van der Waals surface area contributed by atoms with Gasteiger partial charge < -0.3 is 21.3 Å². The van der Waals surface area contributed by atoms with Gasteiger partial charge in [-0.2, -0.15) is 0 Å². The summed E-state index contributed by atoms with van der Waals surface area (Å²) in [6.07, 6.45) is 3.90. The monoisotopic (exact) mass is 284 g/mol. The fourth-order valence-corrected chi connectivity index (χ4v) is 2.60. The van der Waals surface area contributed by atoms with Crippen LogP contribution in [0, 0.1) is 5.92 Å². The highest BCUT2D eigenvalue weighted by atomic mass is 16.2. The number of piperidine rings is 1. The van der Waals surface area contributed by atoms with E-state index in [1.807, 2.05) is 7.05 Å². The molecule has 6 heteroatoms.